The van der Waals surface area contributed by atoms with Crippen molar-refractivity contribution in [3.63, 3.8) is 0 Å². The van der Waals surface area contributed by atoms with Crippen molar-refractivity contribution in [3.8, 4) is 86.1 Å². The molecular weight excluding hydrogens is 616 g/mol. The van der Waals surface area contributed by atoms with E-state index in [0.29, 0.717) is 0 Å². The number of phenols is 9. The van der Waals surface area contributed by atoms with E-state index in [-0.39, 0.29) is 46.1 Å². The van der Waals surface area contributed by atoms with Gasteiger partial charge in [0, 0.05) is 16.7 Å². The Bertz CT molecular complexity index is 1940. The zero-order valence-electron chi connectivity index (χ0n) is 22.8. The second-order valence-corrected chi connectivity index (χ2v) is 9.89. The molecule has 6 rings (SSSR count). The Kier molecular flexibility index (Phi) is 6.85. The summed E-state index contributed by atoms with van der Waals surface area (Å²) in [6.45, 7) is 0. The molecule has 0 unspecified atom stereocenters. The van der Waals surface area contributed by atoms with Crippen LogP contribution in [-0.2, 0) is 18.4 Å². The number of aromatic nitrogens is 6. The minimum absolute atomic E-state index is 0.0176. The molecule has 0 bridgehead atoms. The molecular formula is C27H20N6O13. The number of aliphatic hydroxyl groups is 1. The molecule has 0 aliphatic heterocycles. The van der Waals surface area contributed by atoms with Crippen molar-refractivity contribution in [3.05, 3.63) is 54.1 Å². The fourth-order valence-electron chi connectivity index (χ4n) is 4.31. The smallest absolute Gasteiger partial charge is 0.249 e. The molecule has 236 valence electrons. The Hall–Kier alpha value is -6.76. The number of hydrogen-bond acceptors (Lipinski definition) is 19. The maximum absolute atomic E-state index is 11.9. The van der Waals surface area contributed by atoms with Crippen LogP contribution in [0.15, 0.2) is 49.6 Å². The van der Waals surface area contributed by atoms with Crippen molar-refractivity contribution in [1.82, 2.24) is 30.6 Å². The lowest BCUT2D eigenvalue weighted by Gasteiger charge is -2.20. The SMILES string of the molecule is Oc1cc(-c2nnc(CC(O)(Cc3nnc(-c4cc(O)c(O)c(O)c4)o3)c3nnc(-c4cc(O)c(O)c(O)c4)o3)o2)cc(O)c1O. The summed E-state index contributed by atoms with van der Waals surface area (Å²) < 4.78 is 16.9. The van der Waals surface area contributed by atoms with Crippen LogP contribution in [0.1, 0.15) is 17.7 Å². The van der Waals surface area contributed by atoms with Gasteiger partial charge in [0.1, 0.15) is 0 Å². The molecule has 19 heteroatoms. The van der Waals surface area contributed by atoms with E-state index in [1.807, 2.05) is 0 Å². The second kappa shape index (κ2) is 10.7. The third-order valence-electron chi connectivity index (χ3n) is 6.59. The Labute approximate surface area is 253 Å². The molecule has 0 aliphatic carbocycles. The van der Waals surface area contributed by atoms with E-state index in [1.165, 1.54) is 0 Å². The molecule has 0 atom stereocenters. The molecule has 10 N–H and O–H groups in total. The number of phenolic OH excluding ortho intramolecular Hbond substituents is 9. The molecule has 0 fully saturated rings. The highest BCUT2D eigenvalue weighted by Crippen LogP contribution is 2.42. The van der Waals surface area contributed by atoms with Gasteiger partial charge in [0.05, 0.1) is 12.8 Å². The number of aromatic hydroxyl groups is 9. The van der Waals surface area contributed by atoms with Gasteiger partial charge >= 0.3 is 0 Å². The van der Waals surface area contributed by atoms with Gasteiger partial charge in [-0.05, 0) is 36.4 Å². The fraction of sp³-hybridized carbons (Fsp3) is 0.111. The summed E-state index contributed by atoms with van der Waals surface area (Å²) in [7, 11) is 0. The lowest BCUT2D eigenvalue weighted by molar-refractivity contribution is -0.000941. The molecule has 0 radical (unpaired) electrons. The minimum Gasteiger partial charge on any atom is -0.504 e. The highest BCUT2D eigenvalue weighted by atomic mass is 16.4. The number of benzene rings is 3. The van der Waals surface area contributed by atoms with E-state index >= 15 is 0 Å². The summed E-state index contributed by atoms with van der Waals surface area (Å²) in [5.41, 5.74) is -2.25. The first-order valence-corrected chi connectivity index (χ1v) is 12.8. The van der Waals surface area contributed by atoms with Crippen LogP contribution in [0.2, 0.25) is 0 Å². The molecule has 3 heterocycles. The molecule has 6 aromatic rings. The van der Waals surface area contributed by atoms with Crippen LogP contribution in [0.4, 0.5) is 0 Å². The van der Waals surface area contributed by atoms with Crippen LogP contribution in [0.3, 0.4) is 0 Å². The van der Waals surface area contributed by atoms with E-state index in [0.717, 1.165) is 36.4 Å². The summed E-state index contributed by atoms with van der Waals surface area (Å²) >= 11 is 0. The first-order chi connectivity index (χ1) is 21.8. The quantitative estimate of drug-likeness (QED) is 0.106. The predicted octanol–water partition coefficient (Wildman–Crippen LogP) is 1.86. The van der Waals surface area contributed by atoms with Crippen LogP contribution >= 0.6 is 0 Å². The van der Waals surface area contributed by atoms with Gasteiger partial charge < -0.3 is 64.3 Å². The summed E-state index contributed by atoms with van der Waals surface area (Å²) in [5, 5.41) is 123. The van der Waals surface area contributed by atoms with Crippen LogP contribution in [0, 0.1) is 0 Å². The van der Waals surface area contributed by atoms with E-state index in [1.54, 1.807) is 0 Å². The summed E-state index contributed by atoms with van der Waals surface area (Å²) in [6.07, 6.45) is -1.11. The van der Waals surface area contributed by atoms with E-state index in [4.69, 9.17) is 13.3 Å². The van der Waals surface area contributed by atoms with Gasteiger partial charge in [0.15, 0.2) is 57.3 Å². The zero-order valence-corrected chi connectivity index (χ0v) is 22.8. The van der Waals surface area contributed by atoms with Crippen molar-refractivity contribution in [2.24, 2.45) is 0 Å². The van der Waals surface area contributed by atoms with E-state index in [2.05, 4.69) is 30.6 Å². The maximum atomic E-state index is 11.9. The summed E-state index contributed by atoms with van der Waals surface area (Å²) in [4.78, 5) is 0. The fourth-order valence-corrected chi connectivity index (χ4v) is 4.31. The second-order valence-electron chi connectivity index (χ2n) is 9.89. The Morgan fingerprint density at radius 2 is 0.739 bits per heavy atom. The highest BCUT2D eigenvalue weighted by Gasteiger charge is 2.40. The Morgan fingerprint density at radius 3 is 1.09 bits per heavy atom. The minimum atomic E-state index is -2.25. The standard InChI is InChI=1S/C27H20N6O13/c34-12-1-9(2-13(35)20(12)40)23-30-28-18(44-23)7-27(43,26-33-32-25(46-26)11-5-16(38)22(42)17(39)6-11)8-19-29-31-24(45-19)10-3-14(36)21(41)15(37)4-10/h1-6,34-43H,7-8H2. The van der Waals surface area contributed by atoms with E-state index in [9.17, 15) is 51.1 Å². The summed E-state index contributed by atoms with van der Waals surface area (Å²) in [5.74, 6) is -8.09. The number of hydrogen-bond donors (Lipinski definition) is 10. The van der Waals surface area contributed by atoms with Crippen LogP contribution in [0.5, 0.6) is 51.7 Å². The molecule has 46 heavy (non-hydrogen) atoms. The first-order valence-electron chi connectivity index (χ1n) is 12.8. The van der Waals surface area contributed by atoms with Crippen molar-refractivity contribution >= 4 is 0 Å². The molecule has 19 nitrogen and oxygen atoms in total. The topological polar surface area (TPSA) is 319 Å². The maximum Gasteiger partial charge on any atom is 0.249 e. The van der Waals surface area contributed by atoms with Crippen LogP contribution < -0.4 is 0 Å². The Morgan fingerprint density at radius 1 is 0.435 bits per heavy atom. The number of nitrogens with zero attached hydrogens (tertiary/aromatic N) is 6. The Balaban J connectivity index is 1.37. The van der Waals surface area contributed by atoms with Crippen molar-refractivity contribution in [1.29, 1.82) is 0 Å². The molecule has 3 aromatic heterocycles. The van der Waals surface area contributed by atoms with E-state index < -0.39 is 76.1 Å². The van der Waals surface area contributed by atoms with Crippen LogP contribution in [0.25, 0.3) is 34.4 Å². The van der Waals surface area contributed by atoms with Crippen molar-refractivity contribution in [2.75, 3.05) is 0 Å². The lowest BCUT2D eigenvalue weighted by Crippen LogP contribution is -2.32. The molecule has 0 saturated carbocycles. The van der Waals surface area contributed by atoms with Crippen molar-refractivity contribution < 1.29 is 64.3 Å². The normalized spacial score (nSPS) is 11.7. The van der Waals surface area contributed by atoms with Gasteiger partial charge in [-0.25, -0.2) is 0 Å². The van der Waals surface area contributed by atoms with Gasteiger partial charge in [0.25, 0.3) is 0 Å². The van der Waals surface area contributed by atoms with Crippen molar-refractivity contribution in [2.45, 2.75) is 18.4 Å². The lowest BCUT2D eigenvalue weighted by atomic mass is 9.95. The highest BCUT2D eigenvalue weighted by molar-refractivity contribution is 5.66. The van der Waals surface area contributed by atoms with Gasteiger partial charge in [-0.15, -0.1) is 30.6 Å². The molecule has 0 spiro atoms. The average Bonchev–Trinajstić information content (AvgIpc) is 3.78. The summed E-state index contributed by atoms with van der Waals surface area (Å²) in [6, 6.07) is 6.22. The third-order valence-corrected chi connectivity index (χ3v) is 6.59. The first kappa shape index (κ1) is 29.3. The van der Waals surface area contributed by atoms with Gasteiger partial charge in [0.2, 0.25) is 35.3 Å². The molecule has 0 saturated heterocycles. The monoisotopic (exact) mass is 636 g/mol. The third kappa shape index (κ3) is 5.28. The average molecular weight is 636 g/mol. The van der Waals surface area contributed by atoms with Gasteiger partial charge in [-0.3, -0.25) is 0 Å². The molecule has 0 aliphatic rings. The molecule has 3 aromatic carbocycles. The van der Waals surface area contributed by atoms with Gasteiger partial charge in [-0.1, -0.05) is 0 Å². The zero-order chi connectivity index (χ0) is 32.9. The van der Waals surface area contributed by atoms with Gasteiger partial charge in [-0.2, -0.15) is 0 Å². The predicted molar refractivity (Wildman–Crippen MR) is 145 cm³/mol. The number of rotatable bonds is 8. The largest absolute Gasteiger partial charge is 0.504 e. The molecule has 0 amide bonds. The van der Waals surface area contributed by atoms with Crippen LogP contribution in [-0.4, -0.2) is 81.7 Å².